The molecule has 0 aliphatic carbocycles. The molecule has 3 N–H and O–H groups in total. The first kappa shape index (κ1) is 5.85. The topological polar surface area (TPSA) is 46.2 Å². The lowest BCUT2D eigenvalue weighted by molar-refractivity contribution is 0.183. The van der Waals surface area contributed by atoms with Crippen molar-refractivity contribution in [1.82, 2.24) is 0 Å². The van der Waals surface area contributed by atoms with E-state index >= 15 is 0 Å². The van der Waals surface area contributed by atoms with Crippen LogP contribution in [0.1, 0.15) is 0 Å². The highest BCUT2D eigenvalue weighted by Crippen LogP contribution is 1.79. The molecule has 0 fully saturated rings. The van der Waals surface area contributed by atoms with Crippen molar-refractivity contribution < 1.29 is 9.50 Å². The van der Waals surface area contributed by atoms with Crippen LogP contribution >= 0.6 is 0 Å². The van der Waals surface area contributed by atoms with Gasteiger partial charge in [0.25, 0.3) is 0 Å². The van der Waals surface area contributed by atoms with Crippen LogP contribution in [0.25, 0.3) is 0 Å². The Hall–Kier alpha value is -0.150. The molecule has 6 heavy (non-hydrogen) atoms. The molecule has 0 spiro atoms. The third kappa shape index (κ3) is 2.11. The molecule has 0 aromatic rings. The molecule has 1 atom stereocenters. The minimum atomic E-state index is -1.23. The van der Waals surface area contributed by atoms with Crippen LogP contribution in [0.15, 0.2) is 0 Å². The lowest BCUT2D eigenvalue weighted by Gasteiger charge is -1.93. The first-order valence-electron chi connectivity index (χ1n) is 1.76. The molecule has 0 saturated carbocycles. The number of nitrogens with two attached hydrogens (primary N) is 1. The number of hydrogen-bond donors (Lipinski definition) is 2. The van der Waals surface area contributed by atoms with Crippen LogP contribution in [0, 0.1) is 0 Å². The van der Waals surface area contributed by atoms with E-state index in [1.807, 2.05) is 0 Å². The molecule has 0 aliphatic heterocycles. The Labute approximate surface area is 35.8 Å². The third-order valence-corrected chi connectivity index (χ3v) is 0.454. The van der Waals surface area contributed by atoms with Gasteiger partial charge in [-0.15, -0.1) is 0 Å². The highest BCUT2D eigenvalue weighted by atomic mass is 19.1. The van der Waals surface area contributed by atoms with E-state index in [1.165, 1.54) is 0 Å². The summed E-state index contributed by atoms with van der Waals surface area (Å²) in [5, 5.41) is 7.88. The fraction of sp³-hybridized carbons (Fsp3) is 1.00. The molecule has 0 unspecified atom stereocenters. The summed E-state index contributed by atoms with van der Waals surface area (Å²) in [5.41, 5.74) is 4.75. The van der Waals surface area contributed by atoms with Crippen molar-refractivity contribution in [3.63, 3.8) is 0 Å². The molecular weight excluding hydrogens is 85.0 g/mol. The van der Waals surface area contributed by atoms with E-state index in [0.717, 1.165) is 0 Å². The summed E-state index contributed by atoms with van der Waals surface area (Å²) in [4.78, 5) is 0. The van der Waals surface area contributed by atoms with Crippen LogP contribution in [0.5, 0.6) is 0 Å². The van der Waals surface area contributed by atoms with E-state index in [0.29, 0.717) is 0 Å². The summed E-state index contributed by atoms with van der Waals surface area (Å²) in [7, 11) is 0. The van der Waals surface area contributed by atoms with E-state index in [1.54, 1.807) is 0 Å². The Morgan fingerprint density at radius 2 is 2.33 bits per heavy atom. The smallest absolute Gasteiger partial charge is 0.135 e. The van der Waals surface area contributed by atoms with Gasteiger partial charge in [0.05, 0.1) is 6.61 Å². The predicted molar refractivity (Wildman–Crippen MR) is 21.0 cm³/mol. The molecule has 0 aromatic carbocycles. The van der Waals surface area contributed by atoms with E-state index < -0.39 is 12.8 Å². The summed E-state index contributed by atoms with van der Waals surface area (Å²) < 4.78 is 11.5. The zero-order valence-electron chi connectivity index (χ0n) is 3.39. The first-order chi connectivity index (χ1) is 2.81. The number of halogens is 1. The van der Waals surface area contributed by atoms with Crippen LogP contribution in [0.2, 0.25) is 0 Å². The number of hydrogen-bond acceptors (Lipinski definition) is 2. The van der Waals surface area contributed by atoms with Gasteiger partial charge < -0.3 is 10.8 Å². The highest BCUT2D eigenvalue weighted by molar-refractivity contribution is 4.49. The number of aliphatic hydroxyl groups is 1. The predicted octanol–water partition coefficient (Wildman–Crippen LogP) is -0.725. The van der Waals surface area contributed by atoms with Crippen LogP contribution in [-0.2, 0) is 0 Å². The fourth-order valence-electron chi connectivity index (χ4n) is 0.0745. The summed E-state index contributed by atoms with van der Waals surface area (Å²) in [6.45, 7) is -0.549. The lowest BCUT2D eigenvalue weighted by atomic mass is 10.4. The number of alkyl halides is 1. The van der Waals surface area contributed by atoms with E-state index in [4.69, 9.17) is 10.8 Å². The minimum absolute atomic E-state index is 0.0868. The molecule has 0 bridgehead atoms. The van der Waals surface area contributed by atoms with Crippen molar-refractivity contribution in [2.75, 3.05) is 13.2 Å². The Bertz CT molecular complexity index is 30.0. The molecule has 0 heterocycles. The van der Waals surface area contributed by atoms with Gasteiger partial charge in [-0.2, -0.15) is 0 Å². The van der Waals surface area contributed by atoms with Crippen molar-refractivity contribution >= 4 is 0 Å². The standard InChI is InChI=1S/C3H8FNO/c4-3(1-5)2-6/h3,6H,1-2,5H2/t3-/m1/s1. The Balaban J connectivity index is 2.75. The van der Waals surface area contributed by atoms with Gasteiger partial charge in [0.15, 0.2) is 0 Å². The fourth-order valence-corrected chi connectivity index (χ4v) is 0.0745. The Morgan fingerprint density at radius 1 is 1.83 bits per heavy atom. The van der Waals surface area contributed by atoms with Crippen molar-refractivity contribution in [3.8, 4) is 0 Å². The maximum absolute atomic E-state index is 11.5. The second-order valence-electron chi connectivity index (χ2n) is 1.02. The third-order valence-electron chi connectivity index (χ3n) is 0.454. The van der Waals surface area contributed by atoms with E-state index in [2.05, 4.69) is 0 Å². The lowest BCUT2D eigenvalue weighted by Crippen LogP contribution is -2.18. The van der Waals surface area contributed by atoms with Gasteiger partial charge in [0.1, 0.15) is 6.17 Å². The van der Waals surface area contributed by atoms with Crippen LogP contribution in [0.3, 0.4) is 0 Å². The van der Waals surface area contributed by atoms with E-state index in [9.17, 15) is 4.39 Å². The molecule has 0 aromatic heterocycles. The van der Waals surface area contributed by atoms with Crippen molar-refractivity contribution in [3.05, 3.63) is 0 Å². The second kappa shape index (κ2) is 3.06. The van der Waals surface area contributed by atoms with Crippen LogP contribution in [-0.4, -0.2) is 24.4 Å². The van der Waals surface area contributed by atoms with Crippen LogP contribution in [0.4, 0.5) is 4.39 Å². The Kier molecular flexibility index (Phi) is 2.98. The maximum Gasteiger partial charge on any atom is 0.135 e. The summed E-state index contributed by atoms with van der Waals surface area (Å²) in [5.74, 6) is 0. The SMILES string of the molecule is NC[C@@H](F)CO. The van der Waals surface area contributed by atoms with Gasteiger partial charge in [0.2, 0.25) is 0 Å². The normalized spacial score (nSPS) is 14.5. The van der Waals surface area contributed by atoms with Gasteiger partial charge >= 0.3 is 0 Å². The molecular formula is C3H8FNO. The number of aliphatic hydroxyl groups excluding tert-OH is 1. The highest BCUT2D eigenvalue weighted by Gasteiger charge is 1.95. The largest absolute Gasteiger partial charge is 0.393 e. The molecule has 2 nitrogen and oxygen atoms in total. The quantitative estimate of drug-likeness (QED) is 0.473. The molecule has 38 valence electrons. The molecule has 0 saturated heterocycles. The molecule has 0 aliphatic rings. The van der Waals surface area contributed by atoms with Crippen LogP contribution < -0.4 is 5.73 Å². The zero-order chi connectivity index (χ0) is 4.99. The molecule has 0 radical (unpaired) electrons. The maximum atomic E-state index is 11.5. The Morgan fingerprint density at radius 3 is 2.33 bits per heavy atom. The molecule has 3 heteroatoms. The molecule has 0 amide bonds. The van der Waals surface area contributed by atoms with Gasteiger partial charge in [-0.25, -0.2) is 4.39 Å². The first-order valence-corrected chi connectivity index (χ1v) is 1.76. The minimum Gasteiger partial charge on any atom is -0.393 e. The van der Waals surface area contributed by atoms with Gasteiger partial charge in [0, 0.05) is 6.54 Å². The van der Waals surface area contributed by atoms with Gasteiger partial charge in [-0.1, -0.05) is 0 Å². The average molecular weight is 93.1 g/mol. The monoisotopic (exact) mass is 93.1 g/mol. The zero-order valence-corrected chi connectivity index (χ0v) is 3.39. The van der Waals surface area contributed by atoms with Gasteiger partial charge in [-0.3, -0.25) is 0 Å². The van der Waals surface area contributed by atoms with Crippen molar-refractivity contribution in [2.45, 2.75) is 6.17 Å². The summed E-state index contributed by atoms with van der Waals surface area (Å²) in [6.07, 6.45) is -1.23. The van der Waals surface area contributed by atoms with Crippen molar-refractivity contribution in [2.24, 2.45) is 5.73 Å². The average Bonchev–Trinajstić information content (AvgIpc) is 1.65. The molecule has 0 rings (SSSR count). The van der Waals surface area contributed by atoms with E-state index in [-0.39, 0.29) is 6.54 Å². The van der Waals surface area contributed by atoms with Crippen molar-refractivity contribution in [1.29, 1.82) is 0 Å². The number of rotatable bonds is 2. The summed E-state index contributed by atoms with van der Waals surface area (Å²) in [6, 6.07) is 0. The second-order valence-corrected chi connectivity index (χ2v) is 1.02. The van der Waals surface area contributed by atoms with Gasteiger partial charge in [-0.05, 0) is 0 Å². The summed E-state index contributed by atoms with van der Waals surface area (Å²) >= 11 is 0.